The number of benzene rings is 2. The molecule has 2 aromatic carbocycles. The summed E-state index contributed by atoms with van der Waals surface area (Å²) in [6.07, 6.45) is 6.10. The molecule has 7 heteroatoms. The van der Waals surface area contributed by atoms with Crippen molar-refractivity contribution >= 4 is 23.5 Å². The molecular weight excluding hydrogens is 414 g/mol. The molecule has 2 amide bonds. The van der Waals surface area contributed by atoms with Gasteiger partial charge in [0.05, 0.1) is 5.69 Å². The fraction of sp³-hybridized carbons (Fsp3) is 0.308. The van der Waals surface area contributed by atoms with Crippen LogP contribution in [0.15, 0.2) is 54.7 Å². The van der Waals surface area contributed by atoms with Gasteiger partial charge in [-0.25, -0.2) is 9.97 Å². The molecule has 0 bridgehead atoms. The molecule has 7 nitrogen and oxygen atoms in total. The number of anilines is 2. The van der Waals surface area contributed by atoms with Crippen molar-refractivity contribution in [1.29, 1.82) is 0 Å². The van der Waals surface area contributed by atoms with Crippen molar-refractivity contribution < 1.29 is 9.59 Å². The summed E-state index contributed by atoms with van der Waals surface area (Å²) in [5, 5.41) is 6.22. The summed E-state index contributed by atoms with van der Waals surface area (Å²) in [4.78, 5) is 33.0. The molecule has 0 saturated carbocycles. The van der Waals surface area contributed by atoms with Crippen molar-refractivity contribution in [3.05, 3.63) is 71.4 Å². The number of hydrogen-bond donors (Lipinski definition) is 3. The molecule has 0 aliphatic carbocycles. The smallest absolute Gasteiger partial charge is 0.251 e. The molecule has 0 aliphatic rings. The zero-order chi connectivity index (χ0) is 23.8. The Balaban J connectivity index is 1.68. The first-order chi connectivity index (χ1) is 15.9. The van der Waals surface area contributed by atoms with Crippen LogP contribution in [0.1, 0.15) is 65.8 Å². The molecular formula is C26H31N5O2. The molecule has 0 saturated heterocycles. The van der Waals surface area contributed by atoms with Crippen LogP contribution in [0.2, 0.25) is 0 Å². The highest BCUT2D eigenvalue weighted by molar-refractivity contribution is 5.96. The molecule has 3 rings (SSSR count). The molecule has 1 aromatic heterocycles. The van der Waals surface area contributed by atoms with Crippen molar-refractivity contribution in [3.63, 3.8) is 0 Å². The van der Waals surface area contributed by atoms with Crippen molar-refractivity contribution in [3.8, 4) is 11.3 Å². The van der Waals surface area contributed by atoms with Gasteiger partial charge in [-0.2, -0.15) is 0 Å². The number of unbranched alkanes of at least 4 members (excludes halogenated alkanes) is 2. The van der Waals surface area contributed by atoms with Crippen molar-refractivity contribution in [2.24, 2.45) is 5.73 Å². The van der Waals surface area contributed by atoms with Gasteiger partial charge in [-0.3, -0.25) is 9.59 Å². The van der Waals surface area contributed by atoms with E-state index in [1.54, 1.807) is 36.5 Å². The fourth-order valence-corrected chi connectivity index (χ4v) is 3.66. The van der Waals surface area contributed by atoms with Crippen LogP contribution in [-0.2, 0) is 0 Å². The zero-order valence-electron chi connectivity index (χ0n) is 19.4. The Hall–Kier alpha value is -3.74. The molecule has 3 aromatic rings. The number of aromatic nitrogens is 2. The molecule has 1 atom stereocenters. The van der Waals surface area contributed by atoms with Crippen LogP contribution in [0.5, 0.6) is 0 Å². The third-order valence-corrected chi connectivity index (χ3v) is 5.55. The number of nitrogens with zero attached hydrogens (tertiary/aromatic N) is 2. The number of carbonyl (C=O) groups excluding carboxylic acids is 2. The lowest BCUT2D eigenvalue weighted by Gasteiger charge is -2.14. The average molecular weight is 446 g/mol. The van der Waals surface area contributed by atoms with Crippen molar-refractivity contribution in [2.75, 3.05) is 5.32 Å². The van der Waals surface area contributed by atoms with E-state index in [4.69, 9.17) is 5.73 Å². The van der Waals surface area contributed by atoms with Crippen LogP contribution < -0.4 is 16.4 Å². The Kier molecular flexibility index (Phi) is 8.13. The number of carbonyl (C=O) groups is 2. The van der Waals surface area contributed by atoms with E-state index in [-0.39, 0.29) is 11.9 Å². The van der Waals surface area contributed by atoms with Gasteiger partial charge in [0.15, 0.2) is 0 Å². The standard InChI is InChI=1S/C26H31N5O2/c1-4-5-6-8-17(2)29-25(33)19-11-13-20(14-12-19)30-26-28-16-15-23(31-26)21-9-7-10-22(18(21)3)24(27)32/h7,9-17H,4-6,8H2,1-3H3,(H2,27,32)(H,29,33)(H,28,30,31). The van der Waals surface area contributed by atoms with E-state index >= 15 is 0 Å². The number of amides is 2. The third kappa shape index (κ3) is 6.38. The van der Waals surface area contributed by atoms with Gasteiger partial charge in [-0.15, -0.1) is 0 Å². The van der Waals surface area contributed by atoms with Gasteiger partial charge in [0.2, 0.25) is 11.9 Å². The van der Waals surface area contributed by atoms with Gasteiger partial charge in [-0.05, 0) is 62.2 Å². The number of nitrogens with one attached hydrogen (secondary N) is 2. The summed E-state index contributed by atoms with van der Waals surface area (Å²) in [5.41, 5.74) is 9.58. The summed E-state index contributed by atoms with van der Waals surface area (Å²) in [5.74, 6) is -0.132. The molecule has 33 heavy (non-hydrogen) atoms. The minimum absolute atomic E-state index is 0.0754. The molecule has 172 valence electrons. The van der Waals surface area contributed by atoms with E-state index in [0.717, 1.165) is 29.7 Å². The van der Waals surface area contributed by atoms with Crippen LogP contribution in [0.4, 0.5) is 11.6 Å². The number of hydrogen-bond acceptors (Lipinski definition) is 5. The third-order valence-electron chi connectivity index (χ3n) is 5.55. The van der Waals surface area contributed by atoms with Crippen LogP contribution in [-0.4, -0.2) is 27.8 Å². The van der Waals surface area contributed by atoms with Crippen molar-refractivity contribution in [1.82, 2.24) is 15.3 Å². The van der Waals surface area contributed by atoms with Gasteiger partial charge in [0.1, 0.15) is 0 Å². The van der Waals surface area contributed by atoms with E-state index in [1.807, 2.05) is 32.0 Å². The maximum atomic E-state index is 12.5. The van der Waals surface area contributed by atoms with Crippen LogP contribution in [0.25, 0.3) is 11.3 Å². The van der Waals surface area contributed by atoms with Gasteiger partial charge in [0.25, 0.3) is 5.91 Å². The molecule has 1 unspecified atom stereocenters. The Labute approximate surface area is 194 Å². The Morgan fingerprint density at radius 2 is 1.82 bits per heavy atom. The predicted octanol–water partition coefficient (Wildman–Crippen LogP) is 4.99. The van der Waals surface area contributed by atoms with Crippen molar-refractivity contribution in [2.45, 2.75) is 52.5 Å². The van der Waals surface area contributed by atoms with Crippen LogP contribution in [0.3, 0.4) is 0 Å². The van der Waals surface area contributed by atoms with E-state index in [1.165, 1.54) is 12.8 Å². The maximum Gasteiger partial charge on any atom is 0.251 e. The first-order valence-electron chi connectivity index (χ1n) is 11.3. The highest BCUT2D eigenvalue weighted by Gasteiger charge is 2.12. The number of rotatable bonds is 10. The van der Waals surface area contributed by atoms with E-state index < -0.39 is 5.91 Å². The zero-order valence-corrected chi connectivity index (χ0v) is 19.4. The lowest BCUT2D eigenvalue weighted by molar-refractivity contribution is 0.0937. The molecule has 1 heterocycles. The summed E-state index contributed by atoms with van der Waals surface area (Å²) in [6, 6.07) is 14.5. The van der Waals surface area contributed by atoms with E-state index in [0.29, 0.717) is 22.8 Å². The number of primary amides is 1. The SMILES string of the molecule is CCCCCC(C)NC(=O)c1ccc(Nc2nccc(-c3cccc(C(N)=O)c3C)n2)cc1. The highest BCUT2D eigenvalue weighted by Crippen LogP contribution is 2.25. The molecule has 0 fully saturated rings. The second kappa shape index (κ2) is 11.2. The van der Waals surface area contributed by atoms with Crippen LogP contribution >= 0.6 is 0 Å². The monoisotopic (exact) mass is 445 g/mol. The first kappa shape index (κ1) is 23.9. The lowest BCUT2D eigenvalue weighted by atomic mass is 9.99. The Morgan fingerprint density at radius 1 is 1.06 bits per heavy atom. The van der Waals surface area contributed by atoms with E-state index in [2.05, 4.69) is 27.5 Å². The topological polar surface area (TPSA) is 110 Å². The second-order valence-electron chi connectivity index (χ2n) is 8.18. The average Bonchev–Trinajstić information content (AvgIpc) is 2.80. The molecule has 4 N–H and O–H groups in total. The summed E-state index contributed by atoms with van der Waals surface area (Å²) in [7, 11) is 0. The second-order valence-corrected chi connectivity index (χ2v) is 8.18. The van der Waals surface area contributed by atoms with Gasteiger partial charge in [0, 0.05) is 34.6 Å². The molecule has 0 aliphatic heterocycles. The molecule has 0 radical (unpaired) electrons. The first-order valence-corrected chi connectivity index (χ1v) is 11.3. The summed E-state index contributed by atoms with van der Waals surface area (Å²) >= 11 is 0. The highest BCUT2D eigenvalue weighted by atomic mass is 16.2. The largest absolute Gasteiger partial charge is 0.366 e. The van der Waals surface area contributed by atoms with Crippen LogP contribution in [0, 0.1) is 6.92 Å². The summed E-state index contributed by atoms with van der Waals surface area (Å²) in [6.45, 7) is 6.05. The van der Waals surface area contributed by atoms with Gasteiger partial charge >= 0.3 is 0 Å². The Bertz CT molecular complexity index is 1110. The van der Waals surface area contributed by atoms with E-state index in [9.17, 15) is 9.59 Å². The van der Waals surface area contributed by atoms with Gasteiger partial charge in [-0.1, -0.05) is 38.3 Å². The summed E-state index contributed by atoms with van der Waals surface area (Å²) < 4.78 is 0. The van der Waals surface area contributed by atoms with Gasteiger partial charge < -0.3 is 16.4 Å². The minimum Gasteiger partial charge on any atom is -0.366 e. The molecule has 0 spiro atoms. The normalized spacial score (nSPS) is 11.6. The number of nitrogens with two attached hydrogens (primary N) is 1. The Morgan fingerprint density at radius 3 is 2.52 bits per heavy atom. The fourth-order valence-electron chi connectivity index (χ4n) is 3.66. The minimum atomic E-state index is -0.471. The lowest BCUT2D eigenvalue weighted by Crippen LogP contribution is -2.32. The quantitative estimate of drug-likeness (QED) is 0.381. The predicted molar refractivity (Wildman–Crippen MR) is 132 cm³/mol. The maximum absolute atomic E-state index is 12.5.